The highest BCUT2D eigenvalue weighted by Crippen LogP contribution is 2.21. The number of hydrogen-bond donors (Lipinski definition) is 1. The average molecular weight is 284 g/mol. The first-order chi connectivity index (χ1) is 9.51. The van der Waals surface area contributed by atoms with Gasteiger partial charge in [0.2, 0.25) is 0 Å². The van der Waals surface area contributed by atoms with Crippen molar-refractivity contribution in [2.45, 2.75) is 26.8 Å². The minimum atomic E-state index is -0.0881. The SMILES string of the molecule is Cc1cc(C(=O)NC(C)c2ccc(C#N)cc2)c(C)s1. The molecule has 1 N–H and O–H groups in total. The maximum atomic E-state index is 12.2. The highest BCUT2D eigenvalue weighted by atomic mass is 32.1. The second-order valence-electron chi connectivity index (χ2n) is 4.76. The van der Waals surface area contributed by atoms with Crippen LogP contribution in [0.2, 0.25) is 0 Å². The molecule has 1 amide bonds. The predicted octanol–water partition coefficient (Wildman–Crippen LogP) is 3.73. The molecule has 3 nitrogen and oxygen atoms in total. The van der Waals surface area contributed by atoms with Crippen LogP contribution in [0.3, 0.4) is 0 Å². The van der Waals surface area contributed by atoms with Crippen molar-refractivity contribution in [1.29, 1.82) is 5.26 Å². The summed E-state index contributed by atoms with van der Waals surface area (Å²) in [6.45, 7) is 5.89. The summed E-state index contributed by atoms with van der Waals surface area (Å²) in [7, 11) is 0. The van der Waals surface area contributed by atoms with Gasteiger partial charge in [0.05, 0.1) is 23.2 Å². The third-order valence-electron chi connectivity index (χ3n) is 3.17. The second kappa shape index (κ2) is 5.89. The summed E-state index contributed by atoms with van der Waals surface area (Å²) in [5, 5.41) is 11.8. The van der Waals surface area contributed by atoms with Crippen molar-refractivity contribution in [2.75, 3.05) is 0 Å². The van der Waals surface area contributed by atoms with Crippen LogP contribution >= 0.6 is 11.3 Å². The lowest BCUT2D eigenvalue weighted by Gasteiger charge is -2.14. The maximum absolute atomic E-state index is 12.2. The van der Waals surface area contributed by atoms with Gasteiger partial charge in [0.15, 0.2) is 0 Å². The Morgan fingerprint density at radius 3 is 2.45 bits per heavy atom. The Balaban J connectivity index is 2.11. The molecule has 4 heteroatoms. The summed E-state index contributed by atoms with van der Waals surface area (Å²) >= 11 is 1.63. The Morgan fingerprint density at radius 2 is 1.95 bits per heavy atom. The molecule has 0 saturated carbocycles. The van der Waals surface area contributed by atoms with Gasteiger partial charge in [0.1, 0.15) is 0 Å². The molecular formula is C16H16N2OS. The highest BCUT2D eigenvalue weighted by molar-refractivity contribution is 7.12. The number of rotatable bonds is 3. The normalized spacial score (nSPS) is 11.7. The minimum absolute atomic E-state index is 0.0521. The fourth-order valence-corrected chi connectivity index (χ4v) is 2.98. The lowest BCUT2D eigenvalue weighted by molar-refractivity contribution is 0.0940. The van der Waals surface area contributed by atoms with Gasteiger partial charge in [0.25, 0.3) is 5.91 Å². The Labute approximate surface area is 122 Å². The van der Waals surface area contributed by atoms with Crippen molar-refractivity contribution in [3.63, 3.8) is 0 Å². The summed E-state index contributed by atoms with van der Waals surface area (Å²) in [4.78, 5) is 14.4. The molecule has 2 rings (SSSR count). The molecule has 0 aliphatic carbocycles. The van der Waals surface area contributed by atoms with Crippen LogP contribution < -0.4 is 5.32 Å². The average Bonchev–Trinajstić information content (AvgIpc) is 2.78. The molecule has 2 aromatic rings. The number of benzene rings is 1. The van der Waals surface area contributed by atoms with Crippen LogP contribution in [-0.4, -0.2) is 5.91 Å². The highest BCUT2D eigenvalue weighted by Gasteiger charge is 2.15. The zero-order chi connectivity index (χ0) is 14.7. The Bertz CT molecular complexity index is 665. The third kappa shape index (κ3) is 3.06. The van der Waals surface area contributed by atoms with Gasteiger partial charge in [-0.05, 0) is 44.5 Å². The van der Waals surface area contributed by atoms with Crippen molar-refractivity contribution in [2.24, 2.45) is 0 Å². The predicted molar refractivity (Wildman–Crippen MR) is 80.8 cm³/mol. The number of carbonyl (C=O) groups is 1. The molecule has 0 spiro atoms. The van der Waals surface area contributed by atoms with E-state index in [4.69, 9.17) is 5.26 Å². The van der Waals surface area contributed by atoms with Crippen LogP contribution in [0.4, 0.5) is 0 Å². The number of hydrogen-bond acceptors (Lipinski definition) is 3. The van der Waals surface area contributed by atoms with E-state index in [0.29, 0.717) is 5.56 Å². The van der Waals surface area contributed by atoms with Gasteiger partial charge in [-0.15, -0.1) is 11.3 Å². The first kappa shape index (κ1) is 14.3. The largest absolute Gasteiger partial charge is 0.345 e. The van der Waals surface area contributed by atoms with E-state index in [1.54, 1.807) is 23.5 Å². The molecule has 0 bridgehead atoms. The fraction of sp³-hybridized carbons (Fsp3) is 0.250. The number of nitriles is 1. The fourth-order valence-electron chi connectivity index (χ4n) is 2.06. The Hall–Kier alpha value is -2.12. The van der Waals surface area contributed by atoms with E-state index in [0.717, 1.165) is 20.9 Å². The molecule has 0 aliphatic rings. The standard InChI is InChI=1S/C16H16N2OS/c1-10-8-15(12(3)20-10)16(19)18-11(2)14-6-4-13(9-17)5-7-14/h4-8,11H,1-3H3,(H,18,19). The summed E-state index contributed by atoms with van der Waals surface area (Å²) in [5.41, 5.74) is 2.35. The monoisotopic (exact) mass is 284 g/mol. The smallest absolute Gasteiger partial charge is 0.252 e. The van der Waals surface area contributed by atoms with Gasteiger partial charge < -0.3 is 5.32 Å². The lowest BCUT2D eigenvalue weighted by atomic mass is 10.1. The van der Waals surface area contributed by atoms with Gasteiger partial charge in [-0.3, -0.25) is 4.79 Å². The first-order valence-electron chi connectivity index (χ1n) is 6.39. The van der Waals surface area contributed by atoms with Crippen molar-refractivity contribution >= 4 is 17.2 Å². The number of nitrogens with zero attached hydrogens (tertiary/aromatic N) is 1. The number of aryl methyl sites for hydroxylation is 2. The first-order valence-corrected chi connectivity index (χ1v) is 7.21. The summed E-state index contributed by atoms with van der Waals surface area (Å²) in [5.74, 6) is -0.0521. The molecular weight excluding hydrogens is 268 g/mol. The Kier molecular flexibility index (Phi) is 4.21. The topological polar surface area (TPSA) is 52.9 Å². The summed E-state index contributed by atoms with van der Waals surface area (Å²) in [6.07, 6.45) is 0. The number of thiophene rings is 1. The maximum Gasteiger partial charge on any atom is 0.252 e. The van der Waals surface area contributed by atoms with Crippen LogP contribution in [0.25, 0.3) is 0 Å². The molecule has 1 heterocycles. The molecule has 0 fully saturated rings. The van der Waals surface area contributed by atoms with E-state index < -0.39 is 0 Å². The van der Waals surface area contributed by atoms with Crippen molar-refractivity contribution < 1.29 is 4.79 Å². The van der Waals surface area contributed by atoms with Crippen molar-refractivity contribution in [1.82, 2.24) is 5.32 Å². The van der Waals surface area contributed by atoms with E-state index in [1.165, 1.54) is 0 Å². The van der Waals surface area contributed by atoms with E-state index >= 15 is 0 Å². The van der Waals surface area contributed by atoms with Crippen LogP contribution in [0, 0.1) is 25.2 Å². The van der Waals surface area contributed by atoms with E-state index in [-0.39, 0.29) is 11.9 Å². The van der Waals surface area contributed by atoms with Crippen molar-refractivity contribution in [3.05, 3.63) is 56.8 Å². The van der Waals surface area contributed by atoms with Crippen molar-refractivity contribution in [3.8, 4) is 6.07 Å². The minimum Gasteiger partial charge on any atom is -0.345 e. The second-order valence-corrected chi connectivity index (χ2v) is 6.22. The molecule has 102 valence electrons. The summed E-state index contributed by atoms with van der Waals surface area (Å²) in [6, 6.07) is 11.2. The van der Waals surface area contributed by atoms with E-state index in [1.807, 2.05) is 39.0 Å². The van der Waals surface area contributed by atoms with Crippen LogP contribution in [-0.2, 0) is 0 Å². The van der Waals surface area contributed by atoms with Gasteiger partial charge in [0, 0.05) is 9.75 Å². The zero-order valence-corrected chi connectivity index (χ0v) is 12.5. The van der Waals surface area contributed by atoms with Gasteiger partial charge in [-0.2, -0.15) is 5.26 Å². The molecule has 0 saturated heterocycles. The van der Waals surface area contributed by atoms with Gasteiger partial charge in [-0.25, -0.2) is 0 Å². The third-order valence-corrected chi connectivity index (χ3v) is 4.14. The Morgan fingerprint density at radius 1 is 1.30 bits per heavy atom. The summed E-state index contributed by atoms with van der Waals surface area (Å²) < 4.78 is 0. The molecule has 1 unspecified atom stereocenters. The molecule has 0 radical (unpaired) electrons. The number of nitrogens with one attached hydrogen (secondary N) is 1. The van der Waals surface area contributed by atoms with E-state index in [9.17, 15) is 4.79 Å². The van der Waals surface area contributed by atoms with E-state index in [2.05, 4.69) is 11.4 Å². The van der Waals surface area contributed by atoms with Gasteiger partial charge >= 0.3 is 0 Å². The van der Waals surface area contributed by atoms with Crippen LogP contribution in [0.5, 0.6) is 0 Å². The molecule has 20 heavy (non-hydrogen) atoms. The molecule has 1 aromatic heterocycles. The van der Waals surface area contributed by atoms with Crippen LogP contribution in [0.15, 0.2) is 30.3 Å². The quantitative estimate of drug-likeness (QED) is 0.933. The number of carbonyl (C=O) groups excluding carboxylic acids is 1. The molecule has 1 aromatic carbocycles. The lowest BCUT2D eigenvalue weighted by Crippen LogP contribution is -2.26. The number of amides is 1. The molecule has 1 atom stereocenters. The van der Waals surface area contributed by atoms with Crippen LogP contribution in [0.1, 0.15) is 44.2 Å². The van der Waals surface area contributed by atoms with Gasteiger partial charge in [-0.1, -0.05) is 12.1 Å². The molecule has 0 aliphatic heterocycles. The zero-order valence-electron chi connectivity index (χ0n) is 11.7.